The van der Waals surface area contributed by atoms with Crippen molar-refractivity contribution in [1.82, 2.24) is 14.2 Å². The second kappa shape index (κ2) is 9.09. The predicted molar refractivity (Wildman–Crippen MR) is 126 cm³/mol. The molecule has 5 rings (SSSR count). The maximum absolute atomic E-state index is 13.0. The van der Waals surface area contributed by atoms with Crippen LogP contribution in [-0.2, 0) is 14.8 Å². The summed E-state index contributed by atoms with van der Waals surface area (Å²) in [6, 6.07) is 17.2. The number of fused-ring (bicyclic) bond motifs is 1. The fourth-order valence-electron chi connectivity index (χ4n) is 4.29. The molecule has 0 bridgehead atoms. The standard InChI is InChI=1S/C24H26N4O4S/c29-24(21-6-5-19-3-1-2-4-20(19)17-21)27-11-9-26(10-12-27)23-8-7-22(18-25-23)33(30,31)28-13-15-32-16-14-28/h1-8,17-18H,9-16H2. The van der Waals surface area contributed by atoms with Gasteiger partial charge in [0.15, 0.2) is 0 Å². The maximum atomic E-state index is 13.0. The van der Waals surface area contributed by atoms with Gasteiger partial charge in [0, 0.05) is 51.0 Å². The van der Waals surface area contributed by atoms with Crippen LogP contribution in [0.3, 0.4) is 0 Å². The molecule has 0 unspecified atom stereocenters. The molecule has 3 heterocycles. The minimum absolute atomic E-state index is 0.0281. The van der Waals surface area contributed by atoms with Gasteiger partial charge in [0.1, 0.15) is 10.7 Å². The molecule has 0 N–H and O–H groups in total. The van der Waals surface area contributed by atoms with Crippen molar-refractivity contribution in [3.8, 4) is 0 Å². The first-order chi connectivity index (χ1) is 16.0. The zero-order chi connectivity index (χ0) is 22.8. The number of hydrogen-bond donors (Lipinski definition) is 0. The van der Waals surface area contributed by atoms with Gasteiger partial charge in [-0.05, 0) is 35.0 Å². The van der Waals surface area contributed by atoms with Gasteiger partial charge in [-0.3, -0.25) is 4.79 Å². The summed E-state index contributed by atoms with van der Waals surface area (Å²) in [5.74, 6) is 0.744. The highest BCUT2D eigenvalue weighted by atomic mass is 32.2. The Balaban J connectivity index is 1.23. The highest BCUT2D eigenvalue weighted by molar-refractivity contribution is 7.89. The molecule has 172 valence electrons. The zero-order valence-electron chi connectivity index (χ0n) is 18.3. The van der Waals surface area contributed by atoms with Crippen molar-refractivity contribution in [1.29, 1.82) is 0 Å². The summed E-state index contributed by atoms with van der Waals surface area (Å²) < 4.78 is 32.2. The topological polar surface area (TPSA) is 83.1 Å². The third-order valence-corrected chi connectivity index (χ3v) is 8.10. The smallest absolute Gasteiger partial charge is 0.253 e. The Morgan fingerprint density at radius 1 is 0.848 bits per heavy atom. The normalized spacial score (nSPS) is 17.9. The molecule has 8 nitrogen and oxygen atoms in total. The molecule has 0 spiro atoms. The number of sulfonamides is 1. The number of hydrogen-bond acceptors (Lipinski definition) is 6. The van der Waals surface area contributed by atoms with Crippen molar-refractivity contribution >= 4 is 32.5 Å². The van der Waals surface area contributed by atoms with E-state index in [1.165, 1.54) is 10.5 Å². The Kier molecular flexibility index (Phi) is 6.01. The van der Waals surface area contributed by atoms with Gasteiger partial charge in [0.05, 0.1) is 13.2 Å². The van der Waals surface area contributed by atoms with Crippen molar-refractivity contribution in [2.24, 2.45) is 0 Å². The lowest BCUT2D eigenvalue weighted by molar-refractivity contribution is 0.0730. The van der Waals surface area contributed by atoms with Crippen molar-refractivity contribution in [3.05, 3.63) is 66.4 Å². The number of benzene rings is 2. The fourth-order valence-corrected chi connectivity index (χ4v) is 5.65. The van der Waals surface area contributed by atoms with E-state index in [2.05, 4.69) is 9.88 Å². The molecule has 2 aromatic carbocycles. The van der Waals surface area contributed by atoms with Gasteiger partial charge in [0.25, 0.3) is 5.91 Å². The van der Waals surface area contributed by atoms with E-state index in [0.29, 0.717) is 63.9 Å². The zero-order valence-corrected chi connectivity index (χ0v) is 19.1. The molecule has 33 heavy (non-hydrogen) atoms. The summed E-state index contributed by atoms with van der Waals surface area (Å²) in [7, 11) is -3.56. The average Bonchev–Trinajstić information content (AvgIpc) is 2.88. The summed E-state index contributed by atoms with van der Waals surface area (Å²) in [5.41, 5.74) is 0.693. The van der Waals surface area contributed by atoms with E-state index in [-0.39, 0.29) is 10.8 Å². The number of morpholine rings is 1. The second-order valence-corrected chi connectivity index (χ2v) is 10.1. The largest absolute Gasteiger partial charge is 0.379 e. The van der Waals surface area contributed by atoms with E-state index >= 15 is 0 Å². The van der Waals surface area contributed by atoms with Crippen LogP contribution in [0, 0.1) is 0 Å². The van der Waals surface area contributed by atoms with Gasteiger partial charge in [-0.2, -0.15) is 4.31 Å². The highest BCUT2D eigenvalue weighted by Crippen LogP contribution is 2.21. The van der Waals surface area contributed by atoms with Crippen LogP contribution in [0.4, 0.5) is 5.82 Å². The van der Waals surface area contributed by atoms with Crippen LogP contribution >= 0.6 is 0 Å². The van der Waals surface area contributed by atoms with Crippen LogP contribution in [0.5, 0.6) is 0 Å². The third kappa shape index (κ3) is 4.44. The van der Waals surface area contributed by atoms with Crippen molar-refractivity contribution in [3.63, 3.8) is 0 Å². The van der Waals surface area contributed by atoms with Gasteiger partial charge >= 0.3 is 0 Å². The van der Waals surface area contributed by atoms with Gasteiger partial charge in [0.2, 0.25) is 10.0 Å². The van der Waals surface area contributed by atoms with E-state index < -0.39 is 10.0 Å². The Bertz CT molecular complexity index is 1250. The number of nitrogens with zero attached hydrogens (tertiary/aromatic N) is 4. The van der Waals surface area contributed by atoms with Crippen LogP contribution in [0.1, 0.15) is 10.4 Å². The molecule has 0 saturated carbocycles. The van der Waals surface area contributed by atoms with Gasteiger partial charge < -0.3 is 14.5 Å². The van der Waals surface area contributed by atoms with E-state index in [9.17, 15) is 13.2 Å². The summed E-state index contributed by atoms with van der Waals surface area (Å²) in [4.78, 5) is 21.5. The minimum atomic E-state index is -3.56. The molecule has 9 heteroatoms. The van der Waals surface area contributed by atoms with E-state index in [4.69, 9.17) is 4.74 Å². The number of pyridine rings is 1. The summed E-state index contributed by atoms with van der Waals surface area (Å²) in [5, 5.41) is 2.17. The number of amides is 1. The van der Waals surface area contributed by atoms with Gasteiger partial charge in [-0.1, -0.05) is 30.3 Å². The molecule has 2 aliphatic rings. The molecule has 2 aliphatic heterocycles. The number of piperazine rings is 1. The Morgan fingerprint density at radius 3 is 2.27 bits per heavy atom. The molecule has 0 radical (unpaired) electrons. The molecular formula is C24H26N4O4S. The molecular weight excluding hydrogens is 440 g/mol. The maximum Gasteiger partial charge on any atom is 0.253 e. The number of ether oxygens (including phenoxy) is 1. The van der Waals surface area contributed by atoms with Crippen molar-refractivity contribution in [2.75, 3.05) is 57.4 Å². The minimum Gasteiger partial charge on any atom is -0.379 e. The predicted octanol–water partition coefficient (Wildman–Crippen LogP) is 2.22. The molecule has 0 atom stereocenters. The molecule has 2 saturated heterocycles. The Morgan fingerprint density at radius 2 is 1.58 bits per heavy atom. The summed E-state index contributed by atoms with van der Waals surface area (Å²) in [6.07, 6.45) is 1.42. The monoisotopic (exact) mass is 466 g/mol. The molecule has 3 aromatic rings. The first kappa shape index (κ1) is 21.8. The lowest BCUT2D eigenvalue weighted by Gasteiger charge is -2.35. The summed E-state index contributed by atoms with van der Waals surface area (Å²) in [6.45, 7) is 3.99. The summed E-state index contributed by atoms with van der Waals surface area (Å²) >= 11 is 0. The SMILES string of the molecule is O=C(c1ccc2ccccc2c1)N1CCN(c2ccc(S(=O)(=O)N3CCOCC3)cn2)CC1. The molecule has 1 amide bonds. The number of anilines is 1. The quantitative estimate of drug-likeness (QED) is 0.586. The number of aromatic nitrogens is 1. The van der Waals surface area contributed by atoms with Gasteiger partial charge in [-0.25, -0.2) is 13.4 Å². The van der Waals surface area contributed by atoms with E-state index in [1.807, 2.05) is 47.4 Å². The number of rotatable bonds is 4. The van der Waals surface area contributed by atoms with E-state index in [1.54, 1.807) is 12.1 Å². The lowest BCUT2D eigenvalue weighted by Crippen LogP contribution is -2.49. The van der Waals surface area contributed by atoms with Crippen LogP contribution in [0.2, 0.25) is 0 Å². The van der Waals surface area contributed by atoms with E-state index in [0.717, 1.165) is 10.8 Å². The van der Waals surface area contributed by atoms with Crippen LogP contribution in [0.15, 0.2) is 65.7 Å². The van der Waals surface area contributed by atoms with Crippen LogP contribution in [0.25, 0.3) is 10.8 Å². The molecule has 1 aromatic heterocycles. The lowest BCUT2D eigenvalue weighted by atomic mass is 10.1. The molecule has 0 aliphatic carbocycles. The average molecular weight is 467 g/mol. The molecule has 2 fully saturated rings. The second-order valence-electron chi connectivity index (χ2n) is 8.21. The first-order valence-corrected chi connectivity index (χ1v) is 12.5. The Hall–Kier alpha value is -3.01. The third-order valence-electron chi connectivity index (χ3n) is 6.22. The Labute approximate surface area is 193 Å². The fraction of sp³-hybridized carbons (Fsp3) is 0.333. The highest BCUT2D eigenvalue weighted by Gasteiger charge is 2.27. The number of carbonyl (C=O) groups is 1. The number of carbonyl (C=O) groups excluding carboxylic acids is 1. The van der Waals surface area contributed by atoms with Crippen LogP contribution < -0.4 is 4.90 Å². The van der Waals surface area contributed by atoms with Crippen LogP contribution in [-0.4, -0.2) is 81.0 Å². The first-order valence-electron chi connectivity index (χ1n) is 11.1. The van der Waals surface area contributed by atoms with Crippen molar-refractivity contribution < 1.29 is 17.9 Å². The van der Waals surface area contributed by atoms with Crippen molar-refractivity contribution in [2.45, 2.75) is 4.90 Å². The van der Waals surface area contributed by atoms with Gasteiger partial charge in [-0.15, -0.1) is 0 Å².